The lowest BCUT2D eigenvalue weighted by molar-refractivity contribution is 0.200. The molecule has 2 aliphatic heterocycles. The van der Waals surface area contributed by atoms with Crippen molar-refractivity contribution >= 4 is 0 Å². The summed E-state index contributed by atoms with van der Waals surface area (Å²) in [5, 5.41) is 6.77. The van der Waals surface area contributed by atoms with Gasteiger partial charge < -0.3 is 5.32 Å². The Morgan fingerprint density at radius 1 is 1.22 bits per heavy atom. The molecule has 0 bridgehead atoms. The van der Waals surface area contributed by atoms with Gasteiger partial charge in [-0.3, -0.25) is 10.2 Å². The highest BCUT2D eigenvalue weighted by Gasteiger charge is 2.25. The van der Waals surface area contributed by atoms with Crippen LogP contribution in [0.5, 0.6) is 0 Å². The van der Waals surface area contributed by atoms with Gasteiger partial charge in [-0.1, -0.05) is 0 Å². The summed E-state index contributed by atoms with van der Waals surface area (Å²) < 4.78 is 0. The van der Waals surface area contributed by atoms with Crippen molar-refractivity contribution in [1.29, 1.82) is 0 Å². The molecule has 1 atom stereocenters. The van der Waals surface area contributed by atoms with Gasteiger partial charge in [-0.2, -0.15) is 0 Å². The van der Waals surface area contributed by atoms with Crippen LogP contribution in [0, 0.1) is 0 Å². The maximum Gasteiger partial charge on any atom is 0.0727 e. The third kappa shape index (κ3) is 0.956. The molecule has 0 aromatic heterocycles. The van der Waals surface area contributed by atoms with E-state index in [0.717, 1.165) is 13.1 Å². The van der Waals surface area contributed by atoms with Gasteiger partial charge in [0.25, 0.3) is 0 Å². The molecule has 2 rings (SSSR count). The lowest BCUT2D eigenvalue weighted by atomic mass is 10.3. The maximum atomic E-state index is 3.42. The smallest absolute Gasteiger partial charge is 0.0727 e. The van der Waals surface area contributed by atoms with Crippen molar-refractivity contribution in [1.82, 2.24) is 15.5 Å². The Hall–Kier alpha value is -0.120. The third-order valence-corrected chi connectivity index (χ3v) is 2.13. The van der Waals surface area contributed by atoms with Gasteiger partial charge in [-0.15, -0.1) is 0 Å². The zero-order valence-corrected chi connectivity index (χ0v) is 5.56. The van der Waals surface area contributed by atoms with E-state index in [2.05, 4.69) is 15.5 Å². The van der Waals surface area contributed by atoms with Gasteiger partial charge in [0.2, 0.25) is 0 Å². The van der Waals surface area contributed by atoms with Crippen molar-refractivity contribution in [2.24, 2.45) is 0 Å². The number of fused-ring (bicyclic) bond motifs is 1. The molecule has 2 aliphatic rings. The van der Waals surface area contributed by atoms with Crippen LogP contribution < -0.4 is 10.6 Å². The first-order chi connectivity index (χ1) is 4.47. The summed E-state index contributed by atoms with van der Waals surface area (Å²) in [7, 11) is 0. The minimum Gasteiger partial charge on any atom is -0.313 e. The van der Waals surface area contributed by atoms with Crippen LogP contribution in [0.1, 0.15) is 0 Å². The molecule has 2 N–H and O–H groups in total. The molecule has 0 radical (unpaired) electrons. The lowest BCUT2D eigenvalue weighted by Crippen LogP contribution is -2.51. The standard InChI is InChI=1S/C6H13N3/c1-3-9-4-2-8-6(9)5-7-1/h6-8H,1-5H2/t6-/m1/s1. The number of nitrogens with zero attached hydrogens (tertiary/aromatic N) is 1. The fourth-order valence-corrected chi connectivity index (χ4v) is 1.59. The molecule has 2 heterocycles. The molecule has 0 saturated carbocycles. The molecule has 3 nitrogen and oxygen atoms in total. The number of hydrogen-bond donors (Lipinski definition) is 2. The molecule has 0 amide bonds. The van der Waals surface area contributed by atoms with Crippen LogP contribution in [-0.2, 0) is 0 Å². The fraction of sp³-hybridized carbons (Fsp3) is 1.00. The number of rotatable bonds is 0. The maximum absolute atomic E-state index is 3.42. The Bertz CT molecular complexity index is 92.5. The molecule has 2 fully saturated rings. The largest absolute Gasteiger partial charge is 0.313 e. The van der Waals surface area contributed by atoms with Crippen molar-refractivity contribution in [3.63, 3.8) is 0 Å². The monoisotopic (exact) mass is 127 g/mol. The minimum absolute atomic E-state index is 0.638. The van der Waals surface area contributed by atoms with Crippen molar-refractivity contribution < 1.29 is 0 Å². The number of piperazine rings is 1. The molecule has 0 aliphatic carbocycles. The lowest BCUT2D eigenvalue weighted by Gasteiger charge is -2.29. The minimum atomic E-state index is 0.638. The van der Waals surface area contributed by atoms with E-state index in [1.54, 1.807) is 0 Å². The van der Waals surface area contributed by atoms with Crippen LogP contribution in [0.3, 0.4) is 0 Å². The van der Waals surface area contributed by atoms with Gasteiger partial charge in [-0.05, 0) is 0 Å². The molecule has 0 unspecified atom stereocenters. The fourth-order valence-electron chi connectivity index (χ4n) is 1.59. The zero-order chi connectivity index (χ0) is 6.10. The molecule has 0 spiro atoms. The highest BCUT2D eigenvalue weighted by molar-refractivity contribution is 4.83. The van der Waals surface area contributed by atoms with Gasteiger partial charge in [0, 0.05) is 32.7 Å². The van der Waals surface area contributed by atoms with Gasteiger partial charge in [0.05, 0.1) is 6.17 Å². The van der Waals surface area contributed by atoms with Gasteiger partial charge in [0.15, 0.2) is 0 Å². The van der Waals surface area contributed by atoms with Crippen LogP contribution in [0.2, 0.25) is 0 Å². The highest BCUT2D eigenvalue weighted by atomic mass is 15.4. The predicted molar refractivity (Wildman–Crippen MR) is 36.2 cm³/mol. The number of hydrogen-bond acceptors (Lipinski definition) is 3. The second-order valence-corrected chi connectivity index (χ2v) is 2.71. The Morgan fingerprint density at radius 2 is 2.11 bits per heavy atom. The number of nitrogens with one attached hydrogen (secondary N) is 2. The summed E-state index contributed by atoms with van der Waals surface area (Å²) in [6, 6.07) is 0. The van der Waals surface area contributed by atoms with E-state index in [1.165, 1.54) is 19.6 Å². The van der Waals surface area contributed by atoms with Crippen LogP contribution in [0.15, 0.2) is 0 Å². The van der Waals surface area contributed by atoms with E-state index in [4.69, 9.17) is 0 Å². The van der Waals surface area contributed by atoms with Crippen LogP contribution in [0.25, 0.3) is 0 Å². The van der Waals surface area contributed by atoms with Crippen molar-refractivity contribution in [3.8, 4) is 0 Å². The normalized spacial score (nSPS) is 36.7. The molecule has 0 aromatic rings. The van der Waals surface area contributed by atoms with Gasteiger partial charge >= 0.3 is 0 Å². The average molecular weight is 127 g/mol. The molecule has 52 valence electrons. The van der Waals surface area contributed by atoms with E-state index in [9.17, 15) is 0 Å². The second kappa shape index (κ2) is 2.25. The summed E-state index contributed by atoms with van der Waals surface area (Å²) in [5.41, 5.74) is 0. The summed E-state index contributed by atoms with van der Waals surface area (Å²) in [6.07, 6.45) is 0.638. The summed E-state index contributed by atoms with van der Waals surface area (Å²) in [5.74, 6) is 0. The Morgan fingerprint density at radius 3 is 3.00 bits per heavy atom. The topological polar surface area (TPSA) is 27.3 Å². The SMILES string of the molecule is C1CN2CCN[C@H]2CN1. The predicted octanol–water partition coefficient (Wildman–Crippen LogP) is -1.18. The zero-order valence-electron chi connectivity index (χ0n) is 5.56. The molecular formula is C6H13N3. The average Bonchev–Trinajstić information content (AvgIpc) is 2.33. The summed E-state index contributed by atoms with van der Waals surface area (Å²) in [6.45, 7) is 5.93. The van der Waals surface area contributed by atoms with Crippen molar-refractivity contribution in [3.05, 3.63) is 0 Å². The Kier molecular flexibility index (Phi) is 1.41. The molecule has 0 aromatic carbocycles. The van der Waals surface area contributed by atoms with Crippen LogP contribution in [-0.4, -0.2) is 43.8 Å². The first-order valence-corrected chi connectivity index (χ1v) is 3.65. The van der Waals surface area contributed by atoms with E-state index in [-0.39, 0.29) is 0 Å². The van der Waals surface area contributed by atoms with Crippen molar-refractivity contribution in [2.75, 3.05) is 32.7 Å². The quantitative estimate of drug-likeness (QED) is 0.429. The molecule has 3 heteroatoms. The third-order valence-electron chi connectivity index (χ3n) is 2.13. The van der Waals surface area contributed by atoms with Crippen LogP contribution in [0.4, 0.5) is 0 Å². The van der Waals surface area contributed by atoms with Gasteiger partial charge in [0.1, 0.15) is 0 Å². The van der Waals surface area contributed by atoms with E-state index >= 15 is 0 Å². The first-order valence-electron chi connectivity index (χ1n) is 3.65. The van der Waals surface area contributed by atoms with E-state index < -0.39 is 0 Å². The highest BCUT2D eigenvalue weighted by Crippen LogP contribution is 2.03. The summed E-state index contributed by atoms with van der Waals surface area (Å²) >= 11 is 0. The molecular weight excluding hydrogens is 114 g/mol. The Balaban J connectivity index is 1.97. The molecule has 2 saturated heterocycles. The second-order valence-electron chi connectivity index (χ2n) is 2.71. The van der Waals surface area contributed by atoms with Crippen molar-refractivity contribution in [2.45, 2.75) is 6.17 Å². The van der Waals surface area contributed by atoms with Gasteiger partial charge in [-0.25, -0.2) is 0 Å². The Labute approximate surface area is 55.4 Å². The van der Waals surface area contributed by atoms with Crippen LogP contribution >= 0.6 is 0 Å². The summed E-state index contributed by atoms with van der Waals surface area (Å²) in [4.78, 5) is 2.50. The molecule has 9 heavy (non-hydrogen) atoms. The first kappa shape index (κ1) is 5.65. The van der Waals surface area contributed by atoms with E-state index in [0.29, 0.717) is 6.17 Å². The van der Waals surface area contributed by atoms with E-state index in [1.807, 2.05) is 0 Å².